The predicted octanol–water partition coefficient (Wildman–Crippen LogP) is 4.43. The van der Waals surface area contributed by atoms with Crippen molar-refractivity contribution in [1.82, 2.24) is 5.32 Å². The molecular formula is C18H20BrNOS. The van der Waals surface area contributed by atoms with Gasteiger partial charge in [0.25, 0.3) is 0 Å². The van der Waals surface area contributed by atoms with Gasteiger partial charge in [-0.1, -0.05) is 58.4 Å². The van der Waals surface area contributed by atoms with Crippen molar-refractivity contribution in [3.8, 4) is 0 Å². The van der Waals surface area contributed by atoms with Gasteiger partial charge in [-0.3, -0.25) is 4.79 Å². The molecule has 1 atom stereocenters. The van der Waals surface area contributed by atoms with Gasteiger partial charge in [0.05, 0.1) is 5.25 Å². The van der Waals surface area contributed by atoms with Gasteiger partial charge in [-0.25, -0.2) is 0 Å². The molecule has 1 amide bonds. The molecule has 2 aromatic rings. The Kier molecular flexibility index (Phi) is 7.00. The van der Waals surface area contributed by atoms with Gasteiger partial charge in [-0.05, 0) is 36.6 Å². The van der Waals surface area contributed by atoms with Crippen LogP contribution in [0.2, 0.25) is 0 Å². The average molecular weight is 378 g/mol. The third-order valence-electron chi connectivity index (χ3n) is 3.34. The van der Waals surface area contributed by atoms with Crippen LogP contribution in [0.15, 0.2) is 59.1 Å². The lowest BCUT2D eigenvalue weighted by molar-refractivity contribution is -0.120. The predicted molar refractivity (Wildman–Crippen MR) is 98.1 cm³/mol. The van der Waals surface area contributed by atoms with Crippen LogP contribution in [0.5, 0.6) is 0 Å². The van der Waals surface area contributed by atoms with Gasteiger partial charge >= 0.3 is 0 Å². The van der Waals surface area contributed by atoms with Crippen molar-refractivity contribution in [3.05, 3.63) is 70.2 Å². The number of thioether (sulfide) groups is 1. The van der Waals surface area contributed by atoms with E-state index in [4.69, 9.17) is 0 Å². The summed E-state index contributed by atoms with van der Waals surface area (Å²) in [5.74, 6) is 0.957. The Bertz CT molecular complexity index is 586. The Morgan fingerprint density at radius 1 is 1.09 bits per heavy atom. The van der Waals surface area contributed by atoms with E-state index in [0.717, 1.165) is 16.6 Å². The van der Waals surface area contributed by atoms with Crippen LogP contribution in [0.1, 0.15) is 18.1 Å². The van der Waals surface area contributed by atoms with E-state index < -0.39 is 0 Å². The van der Waals surface area contributed by atoms with Crippen molar-refractivity contribution >= 4 is 33.6 Å². The number of carbonyl (C=O) groups is 1. The number of nitrogens with one attached hydrogen (secondary N) is 1. The van der Waals surface area contributed by atoms with E-state index >= 15 is 0 Å². The number of hydrogen-bond donors (Lipinski definition) is 1. The zero-order valence-electron chi connectivity index (χ0n) is 12.6. The number of rotatable bonds is 7. The molecule has 0 saturated carbocycles. The molecular weight excluding hydrogens is 358 g/mol. The molecule has 0 aliphatic carbocycles. The number of hydrogen-bond acceptors (Lipinski definition) is 2. The van der Waals surface area contributed by atoms with Crippen molar-refractivity contribution in [2.75, 3.05) is 6.54 Å². The number of benzene rings is 2. The lowest BCUT2D eigenvalue weighted by Gasteiger charge is -2.12. The summed E-state index contributed by atoms with van der Waals surface area (Å²) in [4.78, 5) is 12.1. The maximum Gasteiger partial charge on any atom is 0.232 e. The minimum absolute atomic E-state index is 0.0422. The van der Waals surface area contributed by atoms with Crippen LogP contribution in [-0.4, -0.2) is 17.7 Å². The molecule has 0 aromatic heterocycles. The Morgan fingerprint density at radius 3 is 2.45 bits per heavy atom. The molecule has 22 heavy (non-hydrogen) atoms. The summed E-state index contributed by atoms with van der Waals surface area (Å²) in [6.07, 6.45) is 0.872. The van der Waals surface area contributed by atoms with Crippen LogP contribution < -0.4 is 5.32 Å². The van der Waals surface area contributed by atoms with E-state index in [1.54, 1.807) is 11.8 Å². The Balaban J connectivity index is 1.69. The summed E-state index contributed by atoms with van der Waals surface area (Å²) in [5, 5.41) is 2.97. The van der Waals surface area contributed by atoms with Crippen molar-refractivity contribution < 1.29 is 4.79 Å². The average Bonchev–Trinajstić information content (AvgIpc) is 2.55. The summed E-state index contributed by atoms with van der Waals surface area (Å²) in [7, 11) is 0. The molecule has 0 spiro atoms. The fraction of sp³-hybridized carbons (Fsp3) is 0.278. The van der Waals surface area contributed by atoms with Crippen LogP contribution in [0.4, 0.5) is 0 Å². The molecule has 4 heteroatoms. The Morgan fingerprint density at radius 2 is 1.77 bits per heavy atom. The highest BCUT2D eigenvalue weighted by atomic mass is 79.9. The second-order valence-electron chi connectivity index (χ2n) is 5.11. The first-order chi connectivity index (χ1) is 10.6. The second-order valence-corrected chi connectivity index (χ2v) is 7.35. The largest absolute Gasteiger partial charge is 0.355 e. The van der Waals surface area contributed by atoms with Crippen LogP contribution in [0, 0.1) is 0 Å². The van der Waals surface area contributed by atoms with Crippen molar-refractivity contribution in [2.24, 2.45) is 0 Å². The second kappa shape index (κ2) is 9.01. The van der Waals surface area contributed by atoms with E-state index in [1.807, 2.05) is 37.3 Å². The van der Waals surface area contributed by atoms with Gasteiger partial charge in [0.1, 0.15) is 0 Å². The quantitative estimate of drug-likeness (QED) is 0.772. The summed E-state index contributed by atoms with van der Waals surface area (Å²) in [6, 6.07) is 18.4. The third-order valence-corrected chi connectivity index (χ3v) is 5.08. The highest BCUT2D eigenvalue weighted by Crippen LogP contribution is 2.19. The first-order valence-electron chi connectivity index (χ1n) is 7.33. The molecule has 116 valence electrons. The molecule has 2 aromatic carbocycles. The summed E-state index contributed by atoms with van der Waals surface area (Å²) in [6.45, 7) is 2.65. The smallest absolute Gasteiger partial charge is 0.232 e. The molecule has 0 heterocycles. The van der Waals surface area contributed by atoms with E-state index in [9.17, 15) is 4.79 Å². The van der Waals surface area contributed by atoms with Gasteiger partial charge in [0, 0.05) is 16.8 Å². The molecule has 1 unspecified atom stereocenters. The standard InChI is InChI=1S/C18H20BrNOS/c1-14(22-13-16-7-9-17(19)10-8-16)18(21)20-12-11-15-5-3-2-4-6-15/h2-10,14H,11-13H2,1H3,(H,20,21). The lowest BCUT2D eigenvalue weighted by Crippen LogP contribution is -2.32. The SMILES string of the molecule is CC(SCc1ccc(Br)cc1)C(=O)NCCc1ccccc1. The molecule has 2 rings (SSSR count). The monoisotopic (exact) mass is 377 g/mol. The fourth-order valence-corrected chi connectivity index (χ4v) is 3.13. The Labute approximate surface area is 144 Å². The zero-order valence-corrected chi connectivity index (χ0v) is 15.0. The Hall–Kier alpha value is -1.26. The minimum atomic E-state index is -0.0422. The third kappa shape index (κ3) is 5.85. The van der Waals surface area contributed by atoms with E-state index in [2.05, 4.69) is 45.5 Å². The fourth-order valence-electron chi connectivity index (χ4n) is 2.00. The highest BCUT2D eigenvalue weighted by molar-refractivity contribution is 9.10. The van der Waals surface area contributed by atoms with Gasteiger partial charge in [-0.15, -0.1) is 11.8 Å². The van der Waals surface area contributed by atoms with Crippen LogP contribution in [0.3, 0.4) is 0 Å². The minimum Gasteiger partial charge on any atom is -0.355 e. The molecule has 0 aliphatic rings. The first-order valence-corrected chi connectivity index (χ1v) is 9.17. The number of halogens is 1. The maximum atomic E-state index is 12.1. The maximum absolute atomic E-state index is 12.1. The van der Waals surface area contributed by atoms with Crippen molar-refractivity contribution in [3.63, 3.8) is 0 Å². The van der Waals surface area contributed by atoms with Crippen LogP contribution in [-0.2, 0) is 17.0 Å². The number of amides is 1. The van der Waals surface area contributed by atoms with Crippen LogP contribution in [0.25, 0.3) is 0 Å². The van der Waals surface area contributed by atoms with Gasteiger partial charge in [-0.2, -0.15) is 0 Å². The molecule has 0 aliphatic heterocycles. The lowest BCUT2D eigenvalue weighted by atomic mass is 10.1. The molecule has 1 N–H and O–H groups in total. The molecule has 2 nitrogen and oxygen atoms in total. The van der Waals surface area contributed by atoms with E-state index in [-0.39, 0.29) is 11.2 Å². The van der Waals surface area contributed by atoms with Crippen molar-refractivity contribution in [1.29, 1.82) is 0 Å². The molecule has 0 fully saturated rings. The highest BCUT2D eigenvalue weighted by Gasteiger charge is 2.12. The summed E-state index contributed by atoms with van der Waals surface area (Å²) in [5.41, 5.74) is 2.48. The van der Waals surface area contributed by atoms with E-state index in [0.29, 0.717) is 6.54 Å². The van der Waals surface area contributed by atoms with Crippen molar-refractivity contribution in [2.45, 2.75) is 24.3 Å². The number of carbonyl (C=O) groups excluding carboxylic acids is 1. The van der Waals surface area contributed by atoms with Gasteiger partial charge in [0.15, 0.2) is 0 Å². The van der Waals surface area contributed by atoms with Crippen LogP contribution >= 0.6 is 27.7 Å². The van der Waals surface area contributed by atoms with E-state index in [1.165, 1.54) is 11.1 Å². The molecule has 0 bridgehead atoms. The van der Waals surface area contributed by atoms with Gasteiger partial charge < -0.3 is 5.32 Å². The summed E-state index contributed by atoms with van der Waals surface area (Å²) >= 11 is 5.09. The first kappa shape index (κ1) is 17.1. The normalized spacial score (nSPS) is 11.9. The van der Waals surface area contributed by atoms with Gasteiger partial charge in [0.2, 0.25) is 5.91 Å². The summed E-state index contributed by atoms with van der Waals surface area (Å²) < 4.78 is 1.08. The molecule has 0 saturated heterocycles. The topological polar surface area (TPSA) is 29.1 Å². The zero-order chi connectivity index (χ0) is 15.8. The molecule has 0 radical (unpaired) electrons.